The van der Waals surface area contributed by atoms with Crippen molar-refractivity contribution in [1.82, 2.24) is 15.0 Å². The third-order valence-corrected chi connectivity index (χ3v) is 10.7. The number of fused-ring (bicyclic) bond motifs is 6. The van der Waals surface area contributed by atoms with E-state index in [0.717, 1.165) is 82.4 Å². The van der Waals surface area contributed by atoms with Gasteiger partial charge in [-0.15, -0.1) is 0 Å². The molecule has 0 saturated carbocycles. The van der Waals surface area contributed by atoms with Gasteiger partial charge >= 0.3 is 0 Å². The van der Waals surface area contributed by atoms with E-state index in [-0.39, 0.29) is 0 Å². The molecule has 0 unspecified atom stereocenters. The van der Waals surface area contributed by atoms with Gasteiger partial charge in [0.05, 0.1) is 0 Å². The molecule has 0 amide bonds. The molecule has 4 heteroatoms. The van der Waals surface area contributed by atoms with Crippen LogP contribution in [0.15, 0.2) is 192 Å². The average Bonchev–Trinajstić information content (AvgIpc) is 3.62. The highest BCUT2D eigenvalue weighted by Gasteiger charge is 2.21. The van der Waals surface area contributed by atoms with Gasteiger partial charge in [0.1, 0.15) is 11.2 Å². The molecule has 0 aliphatic rings. The van der Waals surface area contributed by atoms with Crippen LogP contribution in [0.4, 0.5) is 0 Å². The van der Waals surface area contributed by atoms with Gasteiger partial charge in [-0.1, -0.05) is 152 Å². The monoisotopic (exact) mass is 701 g/mol. The summed E-state index contributed by atoms with van der Waals surface area (Å²) in [5.74, 6) is 1.81. The van der Waals surface area contributed by atoms with Crippen molar-refractivity contribution >= 4 is 54.3 Å². The highest BCUT2D eigenvalue weighted by molar-refractivity contribution is 6.16. The van der Waals surface area contributed by atoms with E-state index in [9.17, 15) is 0 Å². The van der Waals surface area contributed by atoms with Crippen LogP contribution in [0.1, 0.15) is 0 Å². The summed E-state index contributed by atoms with van der Waals surface area (Å²) in [7, 11) is 0. The summed E-state index contributed by atoms with van der Waals surface area (Å²) in [6, 6.07) is 65.8. The van der Waals surface area contributed by atoms with E-state index in [4.69, 9.17) is 19.4 Å². The van der Waals surface area contributed by atoms with Crippen LogP contribution in [0.2, 0.25) is 0 Å². The van der Waals surface area contributed by atoms with E-state index in [1.54, 1.807) is 0 Å². The van der Waals surface area contributed by atoms with E-state index < -0.39 is 0 Å². The average molecular weight is 702 g/mol. The summed E-state index contributed by atoms with van der Waals surface area (Å²) in [6.45, 7) is 0. The lowest BCUT2D eigenvalue weighted by Crippen LogP contribution is -2.01. The number of furan rings is 1. The van der Waals surface area contributed by atoms with Crippen molar-refractivity contribution in [3.05, 3.63) is 188 Å². The van der Waals surface area contributed by atoms with E-state index in [1.807, 2.05) is 0 Å². The zero-order valence-electron chi connectivity index (χ0n) is 29.6. The van der Waals surface area contributed by atoms with Crippen LogP contribution in [0.25, 0.3) is 111 Å². The fraction of sp³-hybridized carbons (Fsp3) is 0. The first-order valence-electron chi connectivity index (χ1n) is 18.5. The molecule has 2 heterocycles. The first-order chi connectivity index (χ1) is 27.2. The topological polar surface area (TPSA) is 51.8 Å². The van der Waals surface area contributed by atoms with Crippen LogP contribution in [0.5, 0.6) is 0 Å². The molecule has 0 saturated heterocycles. The third kappa shape index (κ3) is 5.43. The lowest BCUT2D eigenvalue weighted by atomic mass is 9.92. The van der Waals surface area contributed by atoms with E-state index >= 15 is 0 Å². The van der Waals surface area contributed by atoms with Gasteiger partial charge in [-0.25, -0.2) is 15.0 Å². The maximum Gasteiger partial charge on any atom is 0.164 e. The summed E-state index contributed by atoms with van der Waals surface area (Å²) in [5, 5.41) is 8.85. The molecule has 11 aromatic rings. The van der Waals surface area contributed by atoms with Gasteiger partial charge in [-0.05, 0) is 91.0 Å². The standard InChI is InChI=1S/C51H31N3O/c1-2-14-34(15-3-1)42-20-10-11-21-43(42)41-29-45(48-44-28-37-18-8-9-19-38(37)30-46(44)55-47(48)31-41)51-53-49(39-24-22-32-12-4-6-16-35(32)26-39)52-50(54-51)40-25-23-33-13-5-7-17-36(33)27-40/h1-31H. The highest BCUT2D eigenvalue weighted by atomic mass is 16.3. The lowest BCUT2D eigenvalue weighted by Gasteiger charge is -2.14. The largest absolute Gasteiger partial charge is 0.456 e. The predicted molar refractivity (Wildman–Crippen MR) is 227 cm³/mol. The number of benzene rings is 9. The molecule has 256 valence electrons. The summed E-state index contributed by atoms with van der Waals surface area (Å²) in [5.41, 5.74) is 8.74. The Bertz CT molecular complexity index is 3180. The summed E-state index contributed by atoms with van der Waals surface area (Å²) in [4.78, 5) is 15.8. The Morgan fingerprint density at radius 1 is 0.291 bits per heavy atom. The van der Waals surface area contributed by atoms with Gasteiger partial charge in [-0.3, -0.25) is 0 Å². The van der Waals surface area contributed by atoms with Crippen molar-refractivity contribution in [3.8, 4) is 56.4 Å². The van der Waals surface area contributed by atoms with Gasteiger partial charge in [0, 0.05) is 27.5 Å². The second kappa shape index (κ2) is 12.6. The Kier molecular flexibility index (Phi) is 7.14. The van der Waals surface area contributed by atoms with Crippen LogP contribution in [-0.2, 0) is 0 Å². The molecule has 0 aliphatic carbocycles. The van der Waals surface area contributed by atoms with Crippen LogP contribution in [0.3, 0.4) is 0 Å². The number of hydrogen-bond donors (Lipinski definition) is 0. The molecule has 0 bridgehead atoms. The number of rotatable bonds is 5. The molecule has 0 atom stereocenters. The second-order valence-corrected chi connectivity index (χ2v) is 14.0. The van der Waals surface area contributed by atoms with E-state index in [1.165, 1.54) is 10.8 Å². The van der Waals surface area contributed by atoms with E-state index in [2.05, 4.69) is 188 Å². The van der Waals surface area contributed by atoms with Crippen LogP contribution in [0, 0.1) is 0 Å². The summed E-state index contributed by atoms with van der Waals surface area (Å²) in [6.07, 6.45) is 0. The Balaban J connectivity index is 1.22. The normalized spacial score (nSPS) is 11.6. The molecule has 0 radical (unpaired) electrons. The van der Waals surface area contributed by atoms with Gasteiger partial charge in [0.15, 0.2) is 17.5 Å². The fourth-order valence-corrected chi connectivity index (χ4v) is 7.94. The van der Waals surface area contributed by atoms with Crippen molar-refractivity contribution in [1.29, 1.82) is 0 Å². The summed E-state index contributed by atoms with van der Waals surface area (Å²) >= 11 is 0. The van der Waals surface area contributed by atoms with Crippen LogP contribution >= 0.6 is 0 Å². The molecule has 11 rings (SSSR count). The van der Waals surface area contributed by atoms with Gasteiger partial charge in [0.25, 0.3) is 0 Å². The van der Waals surface area contributed by atoms with Gasteiger partial charge in [0.2, 0.25) is 0 Å². The number of nitrogens with zero attached hydrogens (tertiary/aromatic N) is 3. The Morgan fingerprint density at radius 3 is 1.40 bits per heavy atom. The quantitative estimate of drug-likeness (QED) is 0.179. The Morgan fingerprint density at radius 2 is 0.782 bits per heavy atom. The van der Waals surface area contributed by atoms with E-state index in [0.29, 0.717) is 17.5 Å². The van der Waals surface area contributed by atoms with Crippen LogP contribution < -0.4 is 0 Å². The molecule has 0 spiro atoms. The molecular weight excluding hydrogens is 671 g/mol. The Hall–Kier alpha value is -7.43. The molecular formula is C51H31N3O. The molecule has 0 fully saturated rings. The molecule has 55 heavy (non-hydrogen) atoms. The molecule has 0 N–H and O–H groups in total. The Labute approximate surface area is 317 Å². The maximum atomic E-state index is 6.79. The van der Waals surface area contributed by atoms with Gasteiger partial charge < -0.3 is 4.42 Å². The SMILES string of the molecule is c1ccc(-c2ccccc2-c2cc(-c3nc(-c4ccc5ccccc5c4)nc(-c4ccc5ccccc5c4)n3)c3c(c2)oc2cc4ccccc4cc23)cc1. The van der Waals surface area contributed by atoms with Crippen molar-refractivity contribution < 1.29 is 4.42 Å². The lowest BCUT2D eigenvalue weighted by molar-refractivity contribution is 0.669. The van der Waals surface area contributed by atoms with Crippen molar-refractivity contribution in [3.63, 3.8) is 0 Å². The summed E-state index contributed by atoms with van der Waals surface area (Å²) < 4.78 is 6.79. The van der Waals surface area contributed by atoms with Crippen molar-refractivity contribution in [2.45, 2.75) is 0 Å². The second-order valence-electron chi connectivity index (χ2n) is 14.0. The van der Waals surface area contributed by atoms with Crippen molar-refractivity contribution in [2.24, 2.45) is 0 Å². The van der Waals surface area contributed by atoms with Crippen LogP contribution in [-0.4, -0.2) is 15.0 Å². The zero-order chi connectivity index (χ0) is 36.3. The highest BCUT2D eigenvalue weighted by Crippen LogP contribution is 2.43. The minimum absolute atomic E-state index is 0.584. The minimum atomic E-state index is 0.584. The zero-order valence-corrected chi connectivity index (χ0v) is 29.6. The molecule has 0 aliphatic heterocycles. The number of aromatic nitrogens is 3. The molecule has 2 aromatic heterocycles. The minimum Gasteiger partial charge on any atom is -0.456 e. The maximum absolute atomic E-state index is 6.79. The first-order valence-corrected chi connectivity index (χ1v) is 18.5. The predicted octanol–water partition coefficient (Wildman–Crippen LogP) is 13.6. The van der Waals surface area contributed by atoms with Crippen molar-refractivity contribution in [2.75, 3.05) is 0 Å². The number of hydrogen-bond acceptors (Lipinski definition) is 4. The molecule has 4 nitrogen and oxygen atoms in total. The fourth-order valence-electron chi connectivity index (χ4n) is 7.94. The third-order valence-electron chi connectivity index (χ3n) is 10.7. The first kappa shape index (κ1) is 31.1. The smallest absolute Gasteiger partial charge is 0.164 e. The van der Waals surface area contributed by atoms with Gasteiger partial charge in [-0.2, -0.15) is 0 Å². The molecule has 9 aromatic carbocycles.